The molecular formula is C9H16N4S. The minimum atomic E-state index is 0.514. The predicted octanol–water partition coefficient (Wildman–Crippen LogP) is 2.10. The maximum absolute atomic E-state index is 5.71. The van der Waals surface area contributed by atoms with Crippen molar-refractivity contribution in [3.05, 3.63) is 4.77 Å². The molecular weight excluding hydrogens is 196 g/mol. The molecule has 0 spiro atoms. The van der Waals surface area contributed by atoms with Crippen molar-refractivity contribution in [1.82, 2.24) is 14.8 Å². The Balaban J connectivity index is 2.06. The van der Waals surface area contributed by atoms with Gasteiger partial charge in [0.25, 0.3) is 0 Å². The van der Waals surface area contributed by atoms with Gasteiger partial charge in [0.2, 0.25) is 5.95 Å². The minimum Gasteiger partial charge on any atom is -0.368 e. The van der Waals surface area contributed by atoms with E-state index in [0.717, 1.165) is 12.5 Å². The van der Waals surface area contributed by atoms with Crippen LogP contribution >= 0.6 is 12.2 Å². The van der Waals surface area contributed by atoms with E-state index in [4.69, 9.17) is 18.0 Å². The molecule has 0 aliphatic heterocycles. The van der Waals surface area contributed by atoms with E-state index >= 15 is 0 Å². The van der Waals surface area contributed by atoms with E-state index in [1.165, 1.54) is 32.1 Å². The lowest BCUT2D eigenvalue weighted by Gasteiger charge is -2.21. The first-order chi connectivity index (χ1) is 6.77. The fraction of sp³-hybridized carbons (Fsp3) is 0.778. The summed E-state index contributed by atoms with van der Waals surface area (Å²) < 4.78 is 2.55. The van der Waals surface area contributed by atoms with Crippen LogP contribution < -0.4 is 5.73 Å². The third kappa shape index (κ3) is 1.97. The van der Waals surface area contributed by atoms with Gasteiger partial charge in [-0.3, -0.25) is 4.57 Å². The zero-order valence-corrected chi connectivity index (χ0v) is 9.02. The van der Waals surface area contributed by atoms with E-state index < -0.39 is 0 Å². The predicted molar refractivity (Wildman–Crippen MR) is 58.4 cm³/mol. The van der Waals surface area contributed by atoms with Crippen LogP contribution in [0.4, 0.5) is 5.95 Å². The van der Waals surface area contributed by atoms with Gasteiger partial charge < -0.3 is 5.73 Å². The molecule has 78 valence electrons. The van der Waals surface area contributed by atoms with Crippen LogP contribution in [-0.4, -0.2) is 14.8 Å². The summed E-state index contributed by atoms with van der Waals surface area (Å²) in [5.74, 6) is 1.25. The number of nitrogen functional groups attached to an aromatic ring is 1. The van der Waals surface area contributed by atoms with Crippen molar-refractivity contribution in [2.24, 2.45) is 5.92 Å². The van der Waals surface area contributed by atoms with Crippen molar-refractivity contribution >= 4 is 18.2 Å². The molecule has 5 heteroatoms. The fourth-order valence-corrected chi connectivity index (χ4v) is 2.35. The summed E-state index contributed by atoms with van der Waals surface area (Å²) in [7, 11) is 0. The molecule has 2 rings (SSSR count). The van der Waals surface area contributed by atoms with Crippen LogP contribution in [0.3, 0.4) is 0 Å². The van der Waals surface area contributed by atoms with Crippen LogP contribution in [0.2, 0.25) is 0 Å². The van der Waals surface area contributed by atoms with Crippen molar-refractivity contribution in [3.63, 3.8) is 0 Å². The maximum atomic E-state index is 5.71. The number of aromatic nitrogens is 3. The van der Waals surface area contributed by atoms with Gasteiger partial charge in [-0.1, -0.05) is 19.3 Å². The Labute approximate surface area is 88.5 Å². The van der Waals surface area contributed by atoms with Gasteiger partial charge >= 0.3 is 0 Å². The highest BCUT2D eigenvalue weighted by Crippen LogP contribution is 2.25. The van der Waals surface area contributed by atoms with Gasteiger partial charge in [-0.15, -0.1) is 5.10 Å². The second-order valence-electron chi connectivity index (χ2n) is 4.00. The van der Waals surface area contributed by atoms with Crippen LogP contribution in [0.25, 0.3) is 0 Å². The zero-order chi connectivity index (χ0) is 9.97. The van der Waals surface area contributed by atoms with E-state index in [9.17, 15) is 0 Å². The molecule has 0 unspecified atom stereocenters. The van der Waals surface area contributed by atoms with E-state index in [0.29, 0.717) is 10.7 Å². The Bertz CT molecular complexity index is 348. The number of anilines is 1. The Kier molecular flexibility index (Phi) is 2.86. The molecule has 14 heavy (non-hydrogen) atoms. The first-order valence-electron chi connectivity index (χ1n) is 5.18. The summed E-state index contributed by atoms with van der Waals surface area (Å²) in [6.07, 6.45) is 6.66. The first-order valence-corrected chi connectivity index (χ1v) is 5.59. The van der Waals surface area contributed by atoms with Crippen LogP contribution in [0.1, 0.15) is 32.1 Å². The number of hydrogen-bond donors (Lipinski definition) is 2. The number of nitrogens with two attached hydrogens (primary N) is 1. The second kappa shape index (κ2) is 4.13. The summed E-state index contributed by atoms with van der Waals surface area (Å²) in [4.78, 5) is 0. The number of nitrogens with zero attached hydrogens (tertiary/aromatic N) is 2. The summed E-state index contributed by atoms with van der Waals surface area (Å²) >= 11 is 5.11. The number of nitrogens with one attached hydrogen (secondary N) is 1. The van der Waals surface area contributed by atoms with Gasteiger partial charge in [-0.2, -0.15) is 0 Å². The topological polar surface area (TPSA) is 59.6 Å². The molecule has 1 fully saturated rings. The molecule has 1 aliphatic rings. The highest BCUT2D eigenvalue weighted by Gasteiger charge is 2.15. The van der Waals surface area contributed by atoms with E-state index in [1.54, 1.807) is 0 Å². The normalized spacial score (nSPS) is 18.6. The van der Waals surface area contributed by atoms with Crippen molar-refractivity contribution in [2.75, 3.05) is 5.73 Å². The minimum absolute atomic E-state index is 0.514. The SMILES string of the molecule is Nc1n[nH]c(=S)n1CC1CCCCC1. The molecule has 0 radical (unpaired) electrons. The standard InChI is InChI=1S/C9H16N4S/c10-8-11-12-9(14)13(8)6-7-4-2-1-3-5-7/h7H,1-6H2,(H2,10,11)(H,12,14). The Morgan fingerprint density at radius 3 is 2.71 bits per heavy atom. The summed E-state index contributed by atoms with van der Waals surface area (Å²) in [6, 6.07) is 0. The molecule has 0 saturated heterocycles. The fourth-order valence-electron chi connectivity index (χ4n) is 2.13. The van der Waals surface area contributed by atoms with Gasteiger partial charge in [-0.05, 0) is 31.0 Å². The third-order valence-electron chi connectivity index (χ3n) is 2.95. The smallest absolute Gasteiger partial charge is 0.220 e. The Morgan fingerprint density at radius 2 is 2.14 bits per heavy atom. The Hall–Kier alpha value is -0.840. The van der Waals surface area contributed by atoms with E-state index in [-0.39, 0.29) is 0 Å². The quantitative estimate of drug-likeness (QED) is 0.738. The second-order valence-corrected chi connectivity index (χ2v) is 4.39. The van der Waals surface area contributed by atoms with Crippen LogP contribution in [-0.2, 0) is 6.54 Å². The highest BCUT2D eigenvalue weighted by molar-refractivity contribution is 7.71. The van der Waals surface area contributed by atoms with Crippen molar-refractivity contribution in [1.29, 1.82) is 0 Å². The largest absolute Gasteiger partial charge is 0.368 e. The summed E-state index contributed by atoms with van der Waals surface area (Å²) in [6.45, 7) is 0.932. The molecule has 1 aromatic heterocycles. The molecule has 1 aromatic rings. The van der Waals surface area contributed by atoms with Gasteiger partial charge in [0, 0.05) is 6.54 Å². The molecule has 1 heterocycles. The molecule has 0 amide bonds. The average Bonchev–Trinajstić information content (AvgIpc) is 2.51. The number of hydrogen-bond acceptors (Lipinski definition) is 3. The lowest BCUT2D eigenvalue weighted by atomic mass is 9.89. The molecule has 1 saturated carbocycles. The van der Waals surface area contributed by atoms with Crippen LogP contribution in [0.15, 0.2) is 0 Å². The van der Waals surface area contributed by atoms with Crippen molar-refractivity contribution in [3.8, 4) is 0 Å². The van der Waals surface area contributed by atoms with E-state index in [1.807, 2.05) is 4.57 Å². The molecule has 0 aromatic carbocycles. The molecule has 1 aliphatic carbocycles. The highest BCUT2D eigenvalue weighted by atomic mass is 32.1. The maximum Gasteiger partial charge on any atom is 0.220 e. The monoisotopic (exact) mass is 212 g/mol. The molecule has 4 nitrogen and oxygen atoms in total. The van der Waals surface area contributed by atoms with Gasteiger partial charge in [0.15, 0.2) is 4.77 Å². The summed E-state index contributed by atoms with van der Waals surface area (Å²) in [5, 5.41) is 6.62. The first kappa shape index (κ1) is 9.71. The van der Waals surface area contributed by atoms with E-state index in [2.05, 4.69) is 10.2 Å². The third-order valence-corrected chi connectivity index (χ3v) is 3.26. The lowest BCUT2D eigenvalue weighted by molar-refractivity contribution is 0.319. The number of rotatable bonds is 2. The van der Waals surface area contributed by atoms with Crippen molar-refractivity contribution in [2.45, 2.75) is 38.6 Å². The van der Waals surface area contributed by atoms with Crippen LogP contribution in [0, 0.1) is 10.7 Å². The van der Waals surface area contributed by atoms with Gasteiger partial charge in [0.05, 0.1) is 0 Å². The lowest BCUT2D eigenvalue weighted by Crippen LogP contribution is -2.15. The average molecular weight is 212 g/mol. The molecule has 0 atom stereocenters. The van der Waals surface area contributed by atoms with Gasteiger partial charge in [0.1, 0.15) is 0 Å². The number of H-pyrrole nitrogens is 1. The van der Waals surface area contributed by atoms with Gasteiger partial charge in [-0.25, -0.2) is 5.10 Å². The van der Waals surface area contributed by atoms with Crippen LogP contribution in [0.5, 0.6) is 0 Å². The molecule has 3 N–H and O–H groups in total. The Morgan fingerprint density at radius 1 is 1.43 bits per heavy atom. The summed E-state index contributed by atoms with van der Waals surface area (Å²) in [5.41, 5.74) is 5.71. The molecule has 0 bridgehead atoms. The zero-order valence-electron chi connectivity index (χ0n) is 8.20. The van der Waals surface area contributed by atoms with Crippen molar-refractivity contribution < 1.29 is 0 Å². The number of aromatic amines is 1.